The van der Waals surface area contributed by atoms with Gasteiger partial charge < -0.3 is 5.11 Å². The monoisotopic (exact) mass is 344 g/mol. The van der Waals surface area contributed by atoms with Gasteiger partial charge >= 0.3 is 5.97 Å². The van der Waals surface area contributed by atoms with Gasteiger partial charge in [-0.2, -0.15) is 0 Å². The maximum absolute atomic E-state index is 11.8. The number of carbonyl (C=O) groups is 1. The van der Waals surface area contributed by atoms with Crippen LogP contribution in [0.15, 0.2) is 0 Å². The molecule has 8 nitrogen and oxygen atoms in total. The molecule has 0 aromatic heterocycles. The zero-order valence-corrected chi connectivity index (χ0v) is 14.4. The number of aliphatic carboxylic acids is 1. The summed E-state index contributed by atoms with van der Waals surface area (Å²) in [6.07, 6.45) is 0.0778. The summed E-state index contributed by atoms with van der Waals surface area (Å²) in [5, 5.41) is 8.98. The summed E-state index contributed by atoms with van der Waals surface area (Å²) < 4.78 is 49.7. The van der Waals surface area contributed by atoms with Crippen molar-refractivity contribution in [3.8, 4) is 0 Å². The lowest BCUT2D eigenvalue weighted by atomic mass is 10.1. The minimum atomic E-state index is -3.83. The van der Waals surface area contributed by atoms with Crippen LogP contribution in [0.4, 0.5) is 0 Å². The highest BCUT2D eigenvalue weighted by Gasteiger charge is 2.25. The molecule has 0 amide bonds. The first kappa shape index (κ1) is 20.3. The molecule has 0 aliphatic heterocycles. The molecule has 0 bridgehead atoms. The van der Waals surface area contributed by atoms with Gasteiger partial charge in [-0.3, -0.25) is 4.79 Å². The Hall–Kier alpha value is -0.710. The van der Waals surface area contributed by atoms with Gasteiger partial charge in [0.2, 0.25) is 20.0 Å². The van der Waals surface area contributed by atoms with E-state index in [0.717, 1.165) is 4.31 Å². The lowest BCUT2D eigenvalue weighted by Gasteiger charge is -2.17. The summed E-state index contributed by atoms with van der Waals surface area (Å²) in [7, 11) is -4.56. The first-order chi connectivity index (χ1) is 9.37. The molecule has 0 saturated carbocycles. The second-order valence-corrected chi connectivity index (χ2v) is 9.58. The average Bonchev–Trinajstić information content (AvgIpc) is 2.25. The predicted octanol–water partition coefficient (Wildman–Crippen LogP) is -0.313. The van der Waals surface area contributed by atoms with Gasteiger partial charge in [-0.15, -0.1) is 0 Å². The molecule has 21 heavy (non-hydrogen) atoms. The number of hydrogen-bond donors (Lipinski definition) is 2. The molecular formula is C11H24N2O6S2. The van der Waals surface area contributed by atoms with Crippen LogP contribution in [-0.4, -0.2) is 63.9 Å². The van der Waals surface area contributed by atoms with Gasteiger partial charge in [0.1, 0.15) is 6.04 Å². The highest BCUT2D eigenvalue weighted by molar-refractivity contribution is 7.90. The molecule has 126 valence electrons. The molecule has 1 atom stereocenters. The molecule has 0 radical (unpaired) electrons. The standard InChI is InChI=1S/C11H24N2O6S2/c1-9(2)8-10(11(14)15)12-20(16,17)6-5-7-21(18,19)13(3)4/h9-10,12H,5-8H2,1-4H3,(H,14,15)/t10-/m1/s1. The first-order valence-electron chi connectivity index (χ1n) is 6.50. The van der Waals surface area contributed by atoms with Crippen LogP contribution >= 0.6 is 0 Å². The van der Waals surface area contributed by atoms with E-state index in [1.54, 1.807) is 13.8 Å². The number of sulfonamides is 2. The lowest BCUT2D eigenvalue weighted by Crippen LogP contribution is -2.42. The summed E-state index contributed by atoms with van der Waals surface area (Å²) in [6, 6.07) is -1.19. The number of nitrogens with one attached hydrogen (secondary N) is 1. The van der Waals surface area contributed by atoms with E-state index in [2.05, 4.69) is 4.72 Å². The SMILES string of the molecule is CC(C)C[C@@H](NS(=O)(=O)CCCS(=O)(=O)N(C)C)C(=O)O. The molecule has 0 fully saturated rings. The minimum absolute atomic E-state index is 0.0166. The van der Waals surface area contributed by atoms with E-state index in [9.17, 15) is 21.6 Å². The molecule has 10 heteroatoms. The number of carboxylic acids is 1. The van der Waals surface area contributed by atoms with Gasteiger partial charge in [0.25, 0.3) is 0 Å². The average molecular weight is 344 g/mol. The molecule has 0 spiro atoms. The van der Waals surface area contributed by atoms with Gasteiger partial charge in [0.05, 0.1) is 11.5 Å². The summed E-state index contributed by atoms with van der Waals surface area (Å²) in [4.78, 5) is 11.0. The molecule has 0 aromatic rings. The van der Waals surface area contributed by atoms with Crippen molar-refractivity contribution in [1.29, 1.82) is 0 Å². The van der Waals surface area contributed by atoms with Crippen LogP contribution in [0.5, 0.6) is 0 Å². The van der Waals surface area contributed by atoms with Crippen LogP contribution in [0, 0.1) is 5.92 Å². The zero-order chi connectivity index (χ0) is 16.8. The fourth-order valence-corrected chi connectivity index (χ4v) is 3.89. The Labute approximate surface area is 126 Å². The third kappa shape index (κ3) is 8.34. The largest absolute Gasteiger partial charge is 0.480 e. The van der Waals surface area contributed by atoms with E-state index in [-0.39, 0.29) is 24.5 Å². The molecule has 0 aliphatic rings. The predicted molar refractivity (Wildman–Crippen MR) is 79.9 cm³/mol. The number of nitrogens with zero attached hydrogens (tertiary/aromatic N) is 1. The van der Waals surface area contributed by atoms with Crippen molar-refractivity contribution in [3.63, 3.8) is 0 Å². The quantitative estimate of drug-likeness (QED) is 0.560. The van der Waals surface area contributed by atoms with Crippen molar-refractivity contribution in [2.24, 2.45) is 5.92 Å². The van der Waals surface area contributed by atoms with Crippen LogP contribution in [0.1, 0.15) is 26.7 Å². The topological polar surface area (TPSA) is 121 Å². The van der Waals surface area contributed by atoms with Crippen molar-refractivity contribution < 1.29 is 26.7 Å². The van der Waals surface area contributed by atoms with Crippen LogP contribution in [0.3, 0.4) is 0 Å². The maximum Gasteiger partial charge on any atom is 0.321 e. The van der Waals surface area contributed by atoms with E-state index < -0.39 is 37.8 Å². The Balaban J connectivity index is 4.59. The maximum atomic E-state index is 11.8. The van der Waals surface area contributed by atoms with Crippen LogP contribution in [0.2, 0.25) is 0 Å². The van der Waals surface area contributed by atoms with Crippen LogP contribution in [-0.2, 0) is 24.8 Å². The van der Waals surface area contributed by atoms with Crippen LogP contribution in [0.25, 0.3) is 0 Å². The van der Waals surface area contributed by atoms with Gasteiger partial charge in [-0.25, -0.2) is 25.9 Å². The molecule has 0 unspecified atom stereocenters. The number of rotatable bonds is 10. The van der Waals surface area contributed by atoms with E-state index in [1.807, 2.05) is 0 Å². The summed E-state index contributed by atoms with van der Waals surface area (Å²) in [5.41, 5.74) is 0. The zero-order valence-electron chi connectivity index (χ0n) is 12.7. The molecule has 2 N–H and O–H groups in total. The highest BCUT2D eigenvalue weighted by atomic mass is 32.2. The van der Waals surface area contributed by atoms with Crippen molar-refractivity contribution in [2.45, 2.75) is 32.7 Å². The van der Waals surface area contributed by atoms with Crippen molar-refractivity contribution in [3.05, 3.63) is 0 Å². The molecule has 0 aliphatic carbocycles. The third-order valence-electron chi connectivity index (χ3n) is 2.70. The Kier molecular flexibility index (Phi) is 7.79. The molecule has 0 heterocycles. The Bertz CT molecular complexity index is 539. The van der Waals surface area contributed by atoms with Gasteiger partial charge in [0, 0.05) is 14.1 Å². The minimum Gasteiger partial charge on any atom is -0.480 e. The molecule has 0 rings (SSSR count). The smallest absolute Gasteiger partial charge is 0.321 e. The number of carboxylic acid groups (broad SMARTS) is 1. The molecule has 0 aromatic carbocycles. The first-order valence-corrected chi connectivity index (χ1v) is 9.76. The van der Waals surface area contributed by atoms with Gasteiger partial charge in [-0.1, -0.05) is 13.8 Å². The van der Waals surface area contributed by atoms with E-state index in [4.69, 9.17) is 5.11 Å². The Morgan fingerprint density at radius 3 is 2.05 bits per heavy atom. The fraction of sp³-hybridized carbons (Fsp3) is 0.909. The van der Waals surface area contributed by atoms with Crippen LogP contribution < -0.4 is 4.72 Å². The van der Waals surface area contributed by atoms with E-state index in [0.29, 0.717) is 0 Å². The second kappa shape index (κ2) is 8.06. The van der Waals surface area contributed by atoms with E-state index in [1.165, 1.54) is 14.1 Å². The Morgan fingerprint density at radius 2 is 1.67 bits per heavy atom. The highest BCUT2D eigenvalue weighted by Crippen LogP contribution is 2.07. The summed E-state index contributed by atoms with van der Waals surface area (Å²) in [5.74, 6) is -1.96. The van der Waals surface area contributed by atoms with Crippen molar-refractivity contribution >= 4 is 26.0 Å². The van der Waals surface area contributed by atoms with Crippen molar-refractivity contribution in [1.82, 2.24) is 9.03 Å². The van der Waals surface area contributed by atoms with Gasteiger partial charge in [-0.05, 0) is 18.8 Å². The Morgan fingerprint density at radius 1 is 1.14 bits per heavy atom. The second-order valence-electron chi connectivity index (χ2n) is 5.41. The molecule has 0 saturated heterocycles. The summed E-state index contributed by atoms with van der Waals surface area (Å²) >= 11 is 0. The van der Waals surface area contributed by atoms with Crippen molar-refractivity contribution in [2.75, 3.05) is 25.6 Å². The normalized spacial score (nSPS) is 14.6. The molecular weight excluding hydrogens is 320 g/mol. The lowest BCUT2D eigenvalue weighted by molar-refractivity contribution is -0.139. The third-order valence-corrected chi connectivity index (χ3v) is 6.09. The van der Waals surface area contributed by atoms with E-state index >= 15 is 0 Å². The fourth-order valence-electron chi connectivity index (χ4n) is 1.56. The van der Waals surface area contributed by atoms with Gasteiger partial charge in [0.15, 0.2) is 0 Å². The summed E-state index contributed by atoms with van der Waals surface area (Å²) in [6.45, 7) is 3.57. The number of hydrogen-bond acceptors (Lipinski definition) is 5.